The number of aromatic amines is 1. The van der Waals surface area contributed by atoms with Crippen molar-refractivity contribution in [1.82, 2.24) is 9.78 Å². The number of ketones is 1. The summed E-state index contributed by atoms with van der Waals surface area (Å²) in [6.07, 6.45) is 0.226. The number of phenols is 2. The Balaban J connectivity index is 0.000000163. The molecule has 8 heteroatoms. The minimum absolute atomic E-state index is 0.147. The molecule has 0 aliphatic carbocycles. The van der Waals surface area contributed by atoms with E-state index in [1.54, 1.807) is 19.1 Å². The van der Waals surface area contributed by atoms with Crippen LogP contribution >= 0.6 is 0 Å². The number of anilines is 1. The number of nitrogens with one attached hydrogen (secondary N) is 1. The number of aromatic hydroxyl groups is 2. The van der Waals surface area contributed by atoms with Crippen LogP contribution in [0.2, 0.25) is 0 Å². The van der Waals surface area contributed by atoms with Gasteiger partial charge in [0.15, 0.2) is 5.78 Å². The van der Waals surface area contributed by atoms with Gasteiger partial charge in [-0.15, -0.1) is 0 Å². The number of hydrogen-bond donors (Lipinski definition) is 3. The first-order valence-electron chi connectivity index (χ1n) is 12.4. The molecule has 0 spiro atoms. The number of nitrogens with zero attached hydrogens (tertiary/aromatic N) is 2. The van der Waals surface area contributed by atoms with Crippen LogP contribution in [0.3, 0.4) is 0 Å². The van der Waals surface area contributed by atoms with Crippen molar-refractivity contribution in [2.75, 3.05) is 3.88 Å². The smallest absolute Gasteiger partial charge is 0.311 e. The molecule has 1 atom stereocenters. The van der Waals surface area contributed by atoms with Gasteiger partial charge in [0.25, 0.3) is 5.56 Å². The van der Waals surface area contributed by atoms with E-state index in [1.807, 2.05) is 94.9 Å². The lowest BCUT2D eigenvalue weighted by atomic mass is 10.0. The number of Topliss-reactive ketones (excluding diaryl/α,β-unsaturated/α-hetero) is 1. The van der Waals surface area contributed by atoms with Crippen LogP contribution in [0.15, 0.2) is 108 Å². The Morgan fingerprint density at radius 3 is 2.13 bits per heavy atom. The van der Waals surface area contributed by atoms with Crippen LogP contribution in [0.25, 0.3) is 5.69 Å². The third-order valence-corrected chi connectivity index (χ3v) is 7.28. The number of H-pyrrole nitrogens is 1. The molecule has 3 N–H and O–H groups in total. The Hall–Kier alpha value is -4.51. The van der Waals surface area contributed by atoms with E-state index in [1.165, 1.54) is 4.68 Å². The quantitative estimate of drug-likeness (QED) is 0.219. The first kappa shape index (κ1) is 26.1. The van der Waals surface area contributed by atoms with Crippen LogP contribution in [0, 0.1) is 6.92 Å². The maximum atomic E-state index is 12.5. The number of benzene rings is 4. The average molecular weight is 532 g/mol. The van der Waals surface area contributed by atoms with Crippen LogP contribution in [0.4, 0.5) is 5.69 Å². The van der Waals surface area contributed by atoms with Gasteiger partial charge in [-0.2, -0.15) is 0 Å². The van der Waals surface area contributed by atoms with Crippen molar-refractivity contribution in [1.29, 1.82) is 0 Å². The number of carbonyl (C=O) groups is 1. The van der Waals surface area contributed by atoms with Crippen molar-refractivity contribution in [3.8, 4) is 17.2 Å². The lowest BCUT2D eigenvalue weighted by Crippen LogP contribution is -2.21. The summed E-state index contributed by atoms with van der Waals surface area (Å²) in [6, 6.07) is 31.3. The lowest BCUT2D eigenvalue weighted by Gasteiger charge is -2.25. The Bertz CT molecular complexity index is 1680. The molecule has 6 rings (SSSR count). The summed E-state index contributed by atoms with van der Waals surface area (Å²) in [5.74, 6) is 0.363. The van der Waals surface area contributed by atoms with Gasteiger partial charge >= 0.3 is 16.5 Å². The second-order valence-corrected chi connectivity index (χ2v) is 9.81. The molecule has 1 unspecified atom stereocenters. The molecule has 1 aliphatic rings. The predicted octanol–water partition coefficient (Wildman–Crippen LogP) is 4.99. The van der Waals surface area contributed by atoms with Crippen molar-refractivity contribution in [2.24, 2.45) is 0 Å². The van der Waals surface area contributed by atoms with Crippen LogP contribution in [-0.4, -0.2) is 42.3 Å². The number of phenolic OH excluding ortho intramolecular Hbond substituents is 2. The molecule has 39 heavy (non-hydrogen) atoms. The van der Waals surface area contributed by atoms with Crippen molar-refractivity contribution >= 4 is 28.0 Å². The normalized spacial score (nSPS) is 13.6. The largest absolute Gasteiger partial charge is 0.508 e. The second-order valence-electron chi connectivity index (χ2n) is 9.26. The third kappa shape index (κ3) is 5.13. The van der Waals surface area contributed by atoms with E-state index in [9.17, 15) is 19.8 Å². The highest BCUT2D eigenvalue weighted by Crippen LogP contribution is 2.49. The van der Waals surface area contributed by atoms with E-state index < -0.39 is 0 Å². The molecule has 0 saturated heterocycles. The Labute approximate surface area is 234 Å². The maximum absolute atomic E-state index is 12.5. The molecule has 2 radical (unpaired) electrons. The molecule has 4 aromatic carbocycles. The summed E-state index contributed by atoms with van der Waals surface area (Å²) in [7, 11) is 0. The van der Waals surface area contributed by atoms with Crippen molar-refractivity contribution < 1.29 is 15.0 Å². The molecule has 2 heterocycles. The highest BCUT2D eigenvalue weighted by atomic mass is 27.1. The maximum Gasteiger partial charge on any atom is 0.311 e. The fraction of sp³-hybridized carbons (Fsp3) is 0.0968. The van der Waals surface area contributed by atoms with Crippen molar-refractivity contribution in [3.63, 3.8) is 0 Å². The Kier molecular flexibility index (Phi) is 7.42. The van der Waals surface area contributed by atoms with E-state index >= 15 is 0 Å². The zero-order valence-corrected chi connectivity index (χ0v) is 22.4. The van der Waals surface area contributed by atoms with Gasteiger partial charge in [0, 0.05) is 23.2 Å². The summed E-state index contributed by atoms with van der Waals surface area (Å²) < 4.78 is 3.30. The average Bonchev–Trinajstić information content (AvgIpc) is 3.29. The van der Waals surface area contributed by atoms with Gasteiger partial charge in [0.05, 0.1) is 17.4 Å². The number of aryl methyl sites for hydroxylation is 1. The number of carbonyl (C=O) groups excluding carboxylic acids is 1. The molecule has 192 valence electrons. The number of para-hydroxylation sites is 3. The minimum atomic E-state index is -0.301. The zero-order chi connectivity index (χ0) is 27.5. The molecular formula is C31H26AlN3O4. The first-order chi connectivity index (χ1) is 18.9. The van der Waals surface area contributed by atoms with Crippen LogP contribution in [-0.2, 0) is 6.42 Å². The van der Waals surface area contributed by atoms with Crippen LogP contribution in [0.5, 0.6) is 11.5 Å². The zero-order valence-electron chi connectivity index (χ0n) is 21.3. The van der Waals surface area contributed by atoms with Gasteiger partial charge < -0.3 is 14.1 Å². The summed E-state index contributed by atoms with van der Waals surface area (Å²) in [5.41, 5.74) is 4.51. The fourth-order valence-electron chi connectivity index (χ4n) is 4.81. The molecule has 0 fully saturated rings. The lowest BCUT2D eigenvalue weighted by molar-refractivity contribution is 0.0991. The Morgan fingerprint density at radius 1 is 0.846 bits per heavy atom. The summed E-state index contributed by atoms with van der Waals surface area (Å²) >= 11 is 2.59. The van der Waals surface area contributed by atoms with E-state index in [-0.39, 0.29) is 40.9 Å². The number of hydrogen-bond acceptors (Lipinski definition) is 5. The van der Waals surface area contributed by atoms with Gasteiger partial charge in [-0.25, -0.2) is 4.68 Å². The second kappa shape index (κ2) is 11.1. The molecule has 1 aromatic heterocycles. The van der Waals surface area contributed by atoms with E-state index in [0.29, 0.717) is 5.69 Å². The van der Waals surface area contributed by atoms with Gasteiger partial charge in [-0.1, -0.05) is 78.9 Å². The highest BCUT2D eigenvalue weighted by Gasteiger charge is 2.31. The molecule has 0 amide bonds. The standard InChI is InChI=1S/C18H16N2O2.C13H10NO2.Al/c1-13-17(16(21)12-14-8-4-2-5-9-14)18(22)20(19-13)15-10-6-3-7-11-15;15-11-7-2-1-4-8(11)12-9-5-3-6-10(14-12)13(9)16;/h2-11,19H,12H2,1H3;1-7,12,15-16H;/q;-1;+1. The van der Waals surface area contributed by atoms with E-state index in [4.69, 9.17) is 0 Å². The van der Waals surface area contributed by atoms with Crippen molar-refractivity contribution in [3.05, 3.63) is 141 Å². The summed E-state index contributed by atoms with van der Waals surface area (Å²) in [6.45, 7) is 1.75. The van der Waals surface area contributed by atoms with E-state index in [0.717, 1.165) is 28.1 Å². The SMILES string of the molecule is Cc1[nH]n(-c2ccccc2)c(=O)c1C(=O)Cc1ccccc1.Oc1ccccc1C1c2cccc(c2O)[N]1[Al]. The number of fused-ring (bicyclic) bond motifs is 2. The van der Waals surface area contributed by atoms with Crippen molar-refractivity contribution in [2.45, 2.75) is 19.4 Å². The molecule has 2 bridgehead atoms. The molecular weight excluding hydrogens is 505 g/mol. The van der Waals surface area contributed by atoms with Crippen LogP contribution in [0.1, 0.15) is 38.8 Å². The minimum Gasteiger partial charge on any atom is -0.508 e. The first-order valence-corrected chi connectivity index (χ1v) is 13.0. The topological polar surface area (TPSA) is 98.6 Å². The molecule has 0 saturated carbocycles. The van der Waals surface area contributed by atoms with Gasteiger partial charge in [-0.05, 0) is 36.8 Å². The third-order valence-electron chi connectivity index (χ3n) is 6.70. The molecule has 5 aromatic rings. The van der Waals surface area contributed by atoms with Crippen LogP contribution < -0.4 is 9.44 Å². The summed E-state index contributed by atoms with van der Waals surface area (Å²) in [5, 5.41) is 22.9. The predicted molar refractivity (Wildman–Crippen MR) is 152 cm³/mol. The number of rotatable bonds is 5. The fourth-order valence-corrected chi connectivity index (χ4v) is 5.34. The molecule has 1 aliphatic heterocycles. The Morgan fingerprint density at radius 2 is 1.46 bits per heavy atom. The monoisotopic (exact) mass is 531 g/mol. The van der Waals surface area contributed by atoms with Gasteiger partial charge in [0.2, 0.25) is 0 Å². The highest BCUT2D eigenvalue weighted by molar-refractivity contribution is 6.20. The molecule has 7 nitrogen and oxygen atoms in total. The van der Waals surface area contributed by atoms with Gasteiger partial charge in [0.1, 0.15) is 17.1 Å². The van der Waals surface area contributed by atoms with Gasteiger partial charge in [-0.3, -0.25) is 14.7 Å². The summed E-state index contributed by atoms with van der Waals surface area (Å²) in [4.78, 5) is 25.0. The number of aromatic nitrogens is 2. The van der Waals surface area contributed by atoms with E-state index in [2.05, 4.69) is 21.6 Å².